The SMILES string of the molecule is Cn1cc(CNCC2CCCOC2)c(C(C)(C)C)n1. The van der Waals surface area contributed by atoms with Crippen LogP contribution in [0.2, 0.25) is 0 Å². The van der Waals surface area contributed by atoms with Gasteiger partial charge in [0.05, 0.1) is 12.3 Å². The Bertz CT molecular complexity index is 400. The lowest BCUT2D eigenvalue weighted by Crippen LogP contribution is -2.29. The molecular weight excluding hydrogens is 238 g/mol. The average molecular weight is 265 g/mol. The summed E-state index contributed by atoms with van der Waals surface area (Å²) in [6.45, 7) is 10.4. The minimum atomic E-state index is 0.103. The summed E-state index contributed by atoms with van der Waals surface area (Å²) >= 11 is 0. The monoisotopic (exact) mass is 265 g/mol. The van der Waals surface area contributed by atoms with Crippen LogP contribution in [0.3, 0.4) is 0 Å². The molecule has 0 radical (unpaired) electrons. The maximum absolute atomic E-state index is 5.51. The highest BCUT2D eigenvalue weighted by molar-refractivity contribution is 5.23. The van der Waals surface area contributed by atoms with E-state index in [2.05, 4.69) is 37.4 Å². The first-order valence-electron chi connectivity index (χ1n) is 7.28. The number of nitrogens with zero attached hydrogens (tertiary/aromatic N) is 2. The van der Waals surface area contributed by atoms with Crippen LogP contribution in [0.4, 0.5) is 0 Å². The van der Waals surface area contributed by atoms with Crippen molar-refractivity contribution in [2.75, 3.05) is 19.8 Å². The molecule has 1 aromatic heterocycles. The van der Waals surface area contributed by atoms with Crippen molar-refractivity contribution in [3.8, 4) is 0 Å². The minimum Gasteiger partial charge on any atom is -0.381 e. The van der Waals surface area contributed by atoms with E-state index >= 15 is 0 Å². The van der Waals surface area contributed by atoms with E-state index in [1.54, 1.807) is 0 Å². The maximum Gasteiger partial charge on any atom is 0.0722 e. The molecule has 0 bridgehead atoms. The molecule has 1 aliphatic rings. The first-order chi connectivity index (χ1) is 8.97. The quantitative estimate of drug-likeness (QED) is 0.907. The molecule has 1 atom stereocenters. The van der Waals surface area contributed by atoms with Crippen LogP contribution >= 0.6 is 0 Å². The van der Waals surface area contributed by atoms with Crippen molar-refractivity contribution in [3.05, 3.63) is 17.5 Å². The highest BCUT2D eigenvalue weighted by Gasteiger charge is 2.22. The molecule has 4 nitrogen and oxygen atoms in total. The van der Waals surface area contributed by atoms with Crippen molar-refractivity contribution in [1.82, 2.24) is 15.1 Å². The van der Waals surface area contributed by atoms with Gasteiger partial charge in [-0.1, -0.05) is 20.8 Å². The van der Waals surface area contributed by atoms with Gasteiger partial charge in [-0.05, 0) is 18.8 Å². The summed E-state index contributed by atoms with van der Waals surface area (Å²) in [7, 11) is 1.99. The number of rotatable bonds is 4. The fourth-order valence-corrected chi connectivity index (χ4v) is 2.68. The second-order valence-corrected chi connectivity index (χ2v) is 6.64. The second kappa shape index (κ2) is 6.06. The third kappa shape index (κ3) is 4.05. The van der Waals surface area contributed by atoms with Crippen LogP contribution in [-0.4, -0.2) is 29.5 Å². The van der Waals surface area contributed by atoms with Gasteiger partial charge in [0.25, 0.3) is 0 Å². The summed E-state index contributed by atoms with van der Waals surface area (Å²) < 4.78 is 7.43. The molecule has 1 saturated heterocycles. The second-order valence-electron chi connectivity index (χ2n) is 6.64. The highest BCUT2D eigenvalue weighted by atomic mass is 16.5. The summed E-state index contributed by atoms with van der Waals surface area (Å²) in [6, 6.07) is 0. The number of hydrogen-bond donors (Lipinski definition) is 1. The van der Waals surface area contributed by atoms with E-state index in [4.69, 9.17) is 4.74 Å². The number of aryl methyl sites for hydroxylation is 1. The molecule has 1 unspecified atom stereocenters. The lowest BCUT2D eigenvalue weighted by Gasteiger charge is -2.23. The molecule has 108 valence electrons. The van der Waals surface area contributed by atoms with Crippen molar-refractivity contribution in [3.63, 3.8) is 0 Å². The molecule has 0 aliphatic carbocycles. The van der Waals surface area contributed by atoms with E-state index in [9.17, 15) is 0 Å². The molecule has 1 aliphatic heterocycles. The summed E-state index contributed by atoms with van der Waals surface area (Å²) in [5.74, 6) is 0.670. The van der Waals surface area contributed by atoms with Crippen LogP contribution in [0, 0.1) is 5.92 Å². The van der Waals surface area contributed by atoms with Gasteiger partial charge in [-0.3, -0.25) is 4.68 Å². The fourth-order valence-electron chi connectivity index (χ4n) is 2.68. The molecule has 1 fully saturated rings. The van der Waals surface area contributed by atoms with Crippen molar-refractivity contribution < 1.29 is 4.74 Å². The number of ether oxygens (including phenoxy) is 1. The largest absolute Gasteiger partial charge is 0.381 e. The average Bonchev–Trinajstić information content (AvgIpc) is 2.72. The van der Waals surface area contributed by atoms with E-state index in [-0.39, 0.29) is 5.41 Å². The Balaban J connectivity index is 1.88. The molecule has 2 rings (SSSR count). The van der Waals surface area contributed by atoms with Crippen LogP contribution in [0.15, 0.2) is 6.20 Å². The number of hydrogen-bond acceptors (Lipinski definition) is 3. The Kier molecular flexibility index (Phi) is 4.63. The first-order valence-corrected chi connectivity index (χ1v) is 7.28. The molecule has 0 spiro atoms. The molecule has 0 amide bonds. The minimum absolute atomic E-state index is 0.103. The van der Waals surface area contributed by atoms with E-state index < -0.39 is 0 Å². The van der Waals surface area contributed by atoms with E-state index in [1.165, 1.54) is 24.1 Å². The van der Waals surface area contributed by atoms with Gasteiger partial charge >= 0.3 is 0 Å². The van der Waals surface area contributed by atoms with Crippen molar-refractivity contribution in [1.29, 1.82) is 0 Å². The number of nitrogens with one attached hydrogen (secondary N) is 1. The molecular formula is C15H27N3O. The van der Waals surface area contributed by atoms with Crippen LogP contribution < -0.4 is 5.32 Å². The molecule has 1 N–H and O–H groups in total. The van der Waals surface area contributed by atoms with E-state index in [1.807, 2.05) is 11.7 Å². The van der Waals surface area contributed by atoms with Crippen molar-refractivity contribution >= 4 is 0 Å². The summed E-state index contributed by atoms with van der Waals surface area (Å²) in [6.07, 6.45) is 4.61. The van der Waals surface area contributed by atoms with Gasteiger partial charge in [0, 0.05) is 43.9 Å². The van der Waals surface area contributed by atoms with Gasteiger partial charge in [-0.15, -0.1) is 0 Å². The summed E-state index contributed by atoms with van der Waals surface area (Å²) in [5, 5.41) is 8.16. The third-order valence-corrected chi connectivity index (χ3v) is 3.62. The molecule has 19 heavy (non-hydrogen) atoms. The highest BCUT2D eigenvalue weighted by Crippen LogP contribution is 2.24. The Labute approximate surface area is 116 Å². The predicted molar refractivity (Wildman–Crippen MR) is 77.2 cm³/mol. The zero-order valence-electron chi connectivity index (χ0n) is 12.7. The van der Waals surface area contributed by atoms with Gasteiger partial charge in [0.15, 0.2) is 0 Å². The number of aromatic nitrogens is 2. The summed E-state index contributed by atoms with van der Waals surface area (Å²) in [5.41, 5.74) is 2.61. The van der Waals surface area contributed by atoms with E-state index in [0.717, 1.165) is 26.3 Å². The van der Waals surface area contributed by atoms with Gasteiger partial charge in [0.1, 0.15) is 0 Å². The van der Waals surface area contributed by atoms with Crippen LogP contribution in [-0.2, 0) is 23.7 Å². The Morgan fingerprint density at radius 2 is 2.26 bits per heavy atom. The topological polar surface area (TPSA) is 39.1 Å². The Morgan fingerprint density at radius 3 is 2.89 bits per heavy atom. The van der Waals surface area contributed by atoms with Crippen molar-refractivity contribution in [2.24, 2.45) is 13.0 Å². The normalized spacial score (nSPS) is 20.7. The zero-order valence-corrected chi connectivity index (χ0v) is 12.7. The fraction of sp³-hybridized carbons (Fsp3) is 0.800. The molecule has 0 saturated carbocycles. The standard InChI is InChI=1S/C15H27N3O/c1-15(2,3)14-13(10-18(4)17-14)9-16-8-12-6-5-7-19-11-12/h10,12,16H,5-9,11H2,1-4H3. The summed E-state index contributed by atoms with van der Waals surface area (Å²) in [4.78, 5) is 0. The third-order valence-electron chi connectivity index (χ3n) is 3.62. The van der Waals surface area contributed by atoms with Gasteiger partial charge in [0.2, 0.25) is 0 Å². The van der Waals surface area contributed by atoms with Gasteiger partial charge in [-0.2, -0.15) is 5.10 Å². The van der Waals surface area contributed by atoms with Gasteiger partial charge < -0.3 is 10.1 Å². The Hall–Kier alpha value is -0.870. The van der Waals surface area contributed by atoms with Crippen LogP contribution in [0.5, 0.6) is 0 Å². The predicted octanol–water partition coefficient (Wildman–Crippen LogP) is 2.23. The lowest BCUT2D eigenvalue weighted by molar-refractivity contribution is 0.0547. The molecule has 1 aromatic rings. The van der Waals surface area contributed by atoms with Crippen LogP contribution in [0.25, 0.3) is 0 Å². The Morgan fingerprint density at radius 1 is 1.47 bits per heavy atom. The zero-order chi connectivity index (χ0) is 13.9. The molecule has 0 aromatic carbocycles. The molecule has 2 heterocycles. The smallest absolute Gasteiger partial charge is 0.0722 e. The molecule has 4 heteroatoms. The van der Waals surface area contributed by atoms with E-state index in [0.29, 0.717) is 5.92 Å². The van der Waals surface area contributed by atoms with Crippen molar-refractivity contribution in [2.45, 2.75) is 45.6 Å². The lowest BCUT2D eigenvalue weighted by atomic mass is 9.89. The first kappa shape index (κ1) is 14.5. The van der Waals surface area contributed by atoms with Crippen LogP contribution in [0.1, 0.15) is 44.9 Å². The van der Waals surface area contributed by atoms with Gasteiger partial charge in [-0.25, -0.2) is 0 Å². The maximum atomic E-state index is 5.51.